The van der Waals surface area contributed by atoms with Gasteiger partial charge in [-0.15, -0.1) is 10.2 Å². The van der Waals surface area contributed by atoms with E-state index < -0.39 is 0 Å². The minimum atomic E-state index is -0.0885. The highest BCUT2D eigenvalue weighted by Gasteiger charge is 2.23. The molecular formula is C20H24BrN5O2. The molecule has 0 aliphatic heterocycles. The van der Waals surface area contributed by atoms with Crippen LogP contribution in [0.1, 0.15) is 49.6 Å². The Morgan fingerprint density at radius 3 is 2.36 bits per heavy atom. The molecule has 0 spiro atoms. The van der Waals surface area contributed by atoms with E-state index in [4.69, 9.17) is 4.42 Å². The van der Waals surface area contributed by atoms with E-state index in [0.717, 1.165) is 15.9 Å². The summed E-state index contributed by atoms with van der Waals surface area (Å²) in [4.78, 5) is 12.5. The van der Waals surface area contributed by atoms with Gasteiger partial charge in [0.1, 0.15) is 0 Å². The lowest BCUT2D eigenvalue weighted by molar-refractivity contribution is 0.0910. The zero-order valence-electron chi connectivity index (χ0n) is 16.9. The van der Waals surface area contributed by atoms with Gasteiger partial charge < -0.3 is 9.73 Å². The van der Waals surface area contributed by atoms with E-state index in [1.165, 1.54) is 0 Å². The molecule has 2 aromatic heterocycles. The number of carbonyl (C=O) groups excluding carboxylic acids is 1. The number of hydrogen-bond acceptors (Lipinski definition) is 5. The molecule has 1 aromatic carbocycles. The summed E-state index contributed by atoms with van der Waals surface area (Å²) in [5.41, 5.74) is 2.92. The summed E-state index contributed by atoms with van der Waals surface area (Å²) in [6, 6.07) is 7.39. The van der Waals surface area contributed by atoms with Crippen LogP contribution in [0.4, 0.5) is 0 Å². The molecule has 0 aliphatic rings. The molecule has 3 rings (SSSR count). The third-order valence-corrected chi connectivity index (χ3v) is 5.74. The highest BCUT2D eigenvalue weighted by molar-refractivity contribution is 9.10. The van der Waals surface area contributed by atoms with Crippen LogP contribution >= 0.6 is 15.9 Å². The van der Waals surface area contributed by atoms with E-state index in [9.17, 15) is 4.79 Å². The quantitative estimate of drug-likeness (QED) is 0.640. The second-order valence-electron chi connectivity index (χ2n) is 7.89. The van der Waals surface area contributed by atoms with E-state index in [1.807, 2.05) is 26.0 Å². The van der Waals surface area contributed by atoms with E-state index in [0.29, 0.717) is 23.0 Å². The Labute approximate surface area is 172 Å². The van der Waals surface area contributed by atoms with Crippen LogP contribution < -0.4 is 5.32 Å². The molecule has 2 heterocycles. The Balaban J connectivity index is 1.85. The van der Waals surface area contributed by atoms with Crippen LogP contribution in [0.5, 0.6) is 0 Å². The van der Waals surface area contributed by atoms with Gasteiger partial charge in [-0.3, -0.25) is 4.79 Å². The summed E-state index contributed by atoms with van der Waals surface area (Å²) in [6.45, 7) is 12.0. The van der Waals surface area contributed by atoms with Crippen LogP contribution in [0.25, 0.3) is 17.3 Å². The smallest absolute Gasteiger partial charge is 0.269 e. The highest BCUT2D eigenvalue weighted by atomic mass is 79.9. The van der Waals surface area contributed by atoms with Gasteiger partial charge in [0.2, 0.25) is 5.89 Å². The summed E-state index contributed by atoms with van der Waals surface area (Å²) < 4.78 is 8.05. The van der Waals surface area contributed by atoms with Crippen molar-refractivity contribution in [3.05, 3.63) is 45.9 Å². The number of halogens is 1. The normalized spacial score (nSPS) is 12.8. The highest BCUT2D eigenvalue weighted by Crippen LogP contribution is 2.31. The summed E-state index contributed by atoms with van der Waals surface area (Å²) >= 11 is 3.55. The molecule has 0 bridgehead atoms. The van der Waals surface area contributed by atoms with Gasteiger partial charge in [-0.25, -0.2) is 4.68 Å². The number of carbonyl (C=O) groups is 1. The van der Waals surface area contributed by atoms with Crippen molar-refractivity contribution < 1.29 is 9.21 Å². The second-order valence-corrected chi connectivity index (χ2v) is 8.69. The van der Waals surface area contributed by atoms with Gasteiger partial charge in [0.25, 0.3) is 11.8 Å². The lowest BCUT2D eigenvalue weighted by atomic mass is 9.88. The molecule has 28 heavy (non-hydrogen) atoms. The van der Waals surface area contributed by atoms with Crippen LogP contribution in [-0.4, -0.2) is 31.9 Å². The first-order valence-corrected chi connectivity index (χ1v) is 9.84. The Hall–Kier alpha value is -2.48. The van der Waals surface area contributed by atoms with Crippen molar-refractivity contribution in [1.82, 2.24) is 25.3 Å². The summed E-state index contributed by atoms with van der Waals surface area (Å²) in [5, 5.41) is 15.5. The zero-order chi connectivity index (χ0) is 20.6. The molecule has 1 N–H and O–H groups in total. The fourth-order valence-electron chi connectivity index (χ4n) is 2.51. The molecule has 0 saturated heterocycles. The molecule has 3 aromatic rings. The van der Waals surface area contributed by atoms with Gasteiger partial charge in [-0.1, -0.05) is 20.8 Å². The van der Waals surface area contributed by atoms with Crippen LogP contribution in [0, 0.1) is 19.3 Å². The Morgan fingerprint density at radius 2 is 1.82 bits per heavy atom. The van der Waals surface area contributed by atoms with Crippen molar-refractivity contribution in [2.75, 3.05) is 0 Å². The van der Waals surface area contributed by atoms with Crippen molar-refractivity contribution in [1.29, 1.82) is 0 Å². The van der Waals surface area contributed by atoms with Gasteiger partial charge in [0.15, 0.2) is 5.69 Å². The maximum atomic E-state index is 12.5. The fraction of sp³-hybridized carbons (Fsp3) is 0.400. The van der Waals surface area contributed by atoms with Gasteiger partial charge >= 0.3 is 0 Å². The molecule has 1 amide bonds. The predicted molar refractivity (Wildman–Crippen MR) is 110 cm³/mol. The number of benzene rings is 1. The summed E-state index contributed by atoms with van der Waals surface area (Å²) in [6.07, 6.45) is 0. The molecular weight excluding hydrogens is 422 g/mol. The number of amides is 1. The topological polar surface area (TPSA) is 85.8 Å². The molecule has 0 radical (unpaired) electrons. The van der Waals surface area contributed by atoms with Crippen LogP contribution in [0.2, 0.25) is 0 Å². The third kappa shape index (κ3) is 4.01. The maximum absolute atomic E-state index is 12.5. The van der Waals surface area contributed by atoms with Gasteiger partial charge in [-0.05, 0) is 59.5 Å². The minimum absolute atomic E-state index is 0.00243. The molecule has 148 valence electrons. The van der Waals surface area contributed by atoms with Crippen LogP contribution in [0.15, 0.2) is 33.2 Å². The standard InChI is InChI=1S/C20H24BrN5O2/c1-11-16(21)17(19-24-23-13(3)28-19)25-26(11)15-9-7-14(8-10-15)18(27)22-12(2)20(4,5)6/h7-10,12H,1-6H3,(H,22,27). The first kappa shape index (κ1) is 20.3. The second kappa shape index (κ2) is 7.50. The fourth-order valence-corrected chi connectivity index (χ4v) is 2.93. The molecule has 0 saturated carbocycles. The molecule has 0 fully saturated rings. The number of aromatic nitrogens is 4. The average molecular weight is 446 g/mol. The number of nitrogens with zero attached hydrogens (tertiary/aromatic N) is 4. The third-order valence-electron chi connectivity index (χ3n) is 4.79. The van der Waals surface area contributed by atoms with Crippen molar-refractivity contribution in [3.8, 4) is 17.3 Å². The van der Waals surface area contributed by atoms with Crippen molar-refractivity contribution in [2.45, 2.75) is 47.6 Å². The van der Waals surface area contributed by atoms with E-state index in [1.54, 1.807) is 23.7 Å². The lowest BCUT2D eigenvalue weighted by Gasteiger charge is -2.28. The molecule has 8 heteroatoms. The molecule has 0 aliphatic carbocycles. The Bertz CT molecular complexity index is 999. The molecule has 1 atom stereocenters. The lowest BCUT2D eigenvalue weighted by Crippen LogP contribution is -2.41. The summed E-state index contributed by atoms with van der Waals surface area (Å²) in [7, 11) is 0. The summed E-state index contributed by atoms with van der Waals surface area (Å²) in [5.74, 6) is 0.752. The Morgan fingerprint density at radius 1 is 1.18 bits per heavy atom. The number of aryl methyl sites for hydroxylation is 1. The first-order chi connectivity index (χ1) is 13.1. The maximum Gasteiger partial charge on any atom is 0.269 e. The molecule has 7 nitrogen and oxygen atoms in total. The van der Waals surface area contributed by atoms with Gasteiger partial charge in [0.05, 0.1) is 15.9 Å². The minimum Gasteiger partial charge on any atom is -0.420 e. The number of hydrogen-bond donors (Lipinski definition) is 1. The van der Waals surface area contributed by atoms with Crippen LogP contribution in [-0.2, 0) is 0 Å². The number of nitrogens with one attached hydrogen (secondary N) is 1. The number of rotatable bonds is 4. The van der Waals surface area contributed by atoms with E-state index >= 15 is 0 Å². The SMILES string of the molecule is Cc1nnc(-c2nn(-c3ccc(C(=O)NC(C)C(C)(C)C)cc3)c(C)c2Br)o1. The predicted octanol–water partition coefficient (Wildman–Crippen LogP) is 4.47. The van der Waals surface area contributed by atoms with Crippen molar-refractivity contribution in [2.24, 2.45) is 5.41 Å². The average Bonchev–Trinajstić information content (AvgIpc) is 3.18. The van der Waals surface area contributed by atoms with E-state index in [2.05, 4.69) is 57.3 Å². The zero-order valence-corrected chi connectivity index (χ0v) is 18.5. The largest absolute Gasteiger partial charge is 0.420 e. The molecule has 1 unspecified atom stereocenters. The van der Waals surface area contributed by atoms with Gasteiger partial charge in [0, 0.05) is 18.5 Å². The monoisotopic (exact) mass is 445 g/mol. The van der Waals surface area contributed by atoms with Crippen molar-refractivity contribution >= 4 is 21.8 Å². The van der Waals surface area contributed by atoms with E-state index in [-0.39, 0.29) is 17.4 Å². The van der Waals surface area contributed by atoms with Crippen molar-refractivity contribution in [3.63, 3.8) is 0 Å². The van der Waals surface area contributed by atoms with Gasteiger partial charge in [-0.2, -0.15) is 5.10 Å². The van der Waals surface area contributed by atoms with Crippen LogP contribution in [0.3, 0.4) is 0 Å². The first-order valence-electron chi connectivity index (χ1n) is 9.05. The Kier molecular flexibility index (Phi) is 5.43.